The van der Waals surface area contributed by atoms with Crippen LogP contribution in [0.25, 0.3) is 0 Å². The second kappa shape index (κ2) is 7.95. The molecular weight excluding hydrogens is 292 g/mol. The van der Waals surface area contributed by atoms with E-state index in [2.05, 4.69) is 11.8 Å². The first-order chi connectivity index (χ1) is 11.2. The van der Waals surface area contributed by atoms with Crippen LogP contribution in [-0.2, 0) is 14.3 Å². The predicted octanol–water partition coefficient (Wildman–Crippen LogP) is 2.05. The standard InChI is InChI=1S/C18H32N2O3/c1-2-8-19-11-6-18(7-12-19)14-16(5-13-23-18)22-15-17(21)20-9-3-4-10-20/h16H,2-15H2,1H3. The van der Waals surface area contributed by atoms with Gasteiger partial charge in [0.15, 0.2) is 0 Å². The molecule has 3 aliphatic rings. The van der Waals surface area contributed by atoms with Crippen molar-refractivity contribution in [2.45, 2.75) is 63.6 Å². The molecule has 5 nitrogen and oxygen atoms in total. The maximum Gasteiger partial charge on any atom is 0.248 e. The maximum atomic E-state index is 12.1. The quantitative estimate of drug-likeness (QED) is 0.776. The number of rotatable bonds is 5. The van der Waals surface area contributed by atoms with Crippen LogP contribution in [0.5, 0.6) is 0 Å². The number of carbonyl (C=O) groups excluding carboxylic acids is 1. The second-order valence-corrected chi connectivity index (χ2v) is 7.39. The van der Waals surface area contributed by atoms with Crippen molar-refractivity contribution in [3.8, 4) is 0 Å². The number of carbonyl (C=O) groups is 1. The molecule has 3 heterocycles. The molecule has 132 valence electrons. The van der Waals surface area contributed by atoms with Crippen LogP contribution in [0.4, 0.5) is 0 Å². The fourth-order valence-electron chi connectivity index (χ4n) is 4.22. The average Bonchev–Trinajstić information content (AvgIpc) is 3.10. The SMILES string of the molecule is CCCN1CCC2(CC1)CC(OCC(=O)N1CCCC1)CCO2. The van der Waals surface area contributed by atoms with Crippen molar-refractivity contribution >= 4 is 5.91 Å². The van der Waals surface area contributed by atoms with Crippen LogP contribution in [0.2, 0.25) is 0 Å². The van der Waals surface area contributed by atoms with Crippen LogP contribution in [0, 0.1) is 0 Å². The molecule has 3 aliphatic heterocycles. The van der Waals surface area contributed by atoms with Crippen molar-refractivity contribution in [1.82, 2.24) is 9.80 Å². The van der Waals surface area contributed by atoms with E-state index in [0.29, 0.717) is 0 Å². The fraction of sp³-hybridized carbons (Fsp3) is 0.944. The molecule has 0 aromatic heterocycles. The lowest BCUT2D eigenvalue weighted by atomic mass is 9.83. The van der Waals surface area contributed by atoms with Crippen molar-refractivity contribution in [2.75, 3.05) is 45.9 Å². The van der Waals surface area contributed by atoms with Gasteiger partial charge in [-0.05, 0) is 45.1 Å². The van der Waals surface area contributed by atoms with Gasteiger partial charge in [0, 0.05) is 39.2 Å². The molecule has 23 heavy (non-hydrogen) atoms. The lowest BCUT2D eigenvalue weighted by Gasteiger charge is -2.46. The van der Waals surface area contributed by atoms with Crippen LogP contribution in [0.15, 0.2) is 0 Å². The number of likely N-dealkylation sites (tertiary alicyclic amines) is 2. The first-order valence-electron chi connectivity index (χ1n) is 9.46. The van der Waals surface area contributed by atoms with Crippen LogP contribution in [-0.4, -0.2) is 73.3 Å². The van der Waals surface area contributed by atoms with Gasteiger partial charge in [0.05, 0.1) is 11.7 Å². The van der Waals surface area contributed by atoms with Gasteiger partial charge in [0.25, 0.3) is 0 Å². The summed E-state index contributed by atoms with van der Waals surface area (Å²) in [6, 6.07) is 0. The number of hydrogen-bond acceptors (Lipinski definition) is 4. The smallest absolute Gasteiger partial charge is 0.248 e. The summed E-state index contributed by atoms with van der Waals surface area (Å²) in [4.78, 5) is 16.6. The number of ether oxygens (including phenoxy) is 2. The Labute approximate surface area is 140 Å². The van der Waals surface area contributed by atoms with Gasteiger partial charge in [0.2, 0.25) is 5.91 Å². The maximum absolute atomic E-state index is 12.1. The minimum atomic E-state index is 0.00382. The summed E-state index contributed by atoms with van der Waals surface area (Å²) in [6.07, 6.45) is 7.78. The summed E-state index contributed by atoms with van der Waals surface area (Å²) in [7, 11) is 0. The normalized spacial score (nSPS) is 28.4. The van der Waals surface area contributed by atoms with E-state index in [0.717, 1.165) is 71.3 Å². The van der Waals surface area contributed by atoms with E-state index in [9.17, 15) is 4.79 Å². The molecule has 3 saturated heterocycles. The van der Waals surface area contributed by atoms with E-state index in [4.69, 9.17) is 9.47 Å². The van der Waals surface area contributed by atoms with E-state index < -0.39 is 0 Å². The molecule has 3 rings (SSSR count). The molecule has 0 N–H and O–H groups in total. The number of nitrogens with zero attached hydrogens (tertiary/aromatic N) is 2. The van der Waals surface area contributed by atoms with Gasteiger partial charge in [-0.25, -0.2) is 0 Å². The highest BCUT2D eigenvalue weighted by Crippen LogP contribution is 2.36. The molecular formula is C18H32N2O3. The van der Waals surface area contributed by atoms with Gasteiger partial charge in [0.1, 0.15) is 6.61 Å². The first-order valence-corrected chi connectivity index (χ1v) is 9.46. The zero-order chi connectivity index (χ0) is 16.1. The molecule has 1 atom stereocenters. The molecule has 3 fully saturated rings. The summed E-state index contributed by atoms with van der Waals surface area (Å²) in [5, 5.41) is 0. The van der Waals surface area contributed by atoms with Gasteiger partial charge in [-0.2, -0.15) is 0 Å². The highest BCUT2D eigenvalue weighted by atomic mass is 16.5. The molecule has 0 aromatic carbocycles. The Morgan fingerprint density at radius 1 is 1.22 bits per heavy atom. The largest absolute Gasteiger partial charge is 0.375 e. The highest BCUT2D eigenvalue weighted by Gasteiger charge is 2.40. The summed E-state index contributed by atoms with van der Waals surface area (Å²) < 4.78 is 12.1. The molecule has 1 spiro atoms. The third-order valence-electron chi connectivity index (χ3n) is 5.66. The van der Waals surface area contributed by atoms with Crippen molar-refractivity contribution in [3.63, 3.8) is 0 Å². The molecule has 0 bridgehead atoms. The number of hydrogen-bond donors (Lipinski definition) is 0. The van der Waals surface area contributed by atoms with Crippen LogP contribution >= 0.6 is 0 Å². The van der Waals surface area contributed by atoms with Crippen LogP contribution in [0.1, 0.15) is 51.9 Å². The molecule has 0 radical (unpaired) electrons. The van der Waals surface area contributed by atoms with E-state index in [1.165, 1.54) is 13.0 Å². The molecule has 1 unspecified atom stereocenters. The Bertz CT molecular complexity index is 388. The van der Waals surface area contributed by atoms with Gasteiger partial charge >= 0.3 is 0 Å². The minimum absolute atomic E-state index is 0.00382. The van der Waals surface area contributed by atoms with Gasteiger partial charge < -0.3 is 19.3 Å². The third kappa shape index (κ3) is 4.46. The molecule has 1 amide bonds. The van der Waals surface area contributed by atoms with E-state index >= 15 is 0 Å². The first kappa shape index (κ1) is 17.2. The molecule has 0 saturated carbocycles. The number of piperidine rings is 1. The lowest BCUT2D eigenvalue weighted by Crippen LogP contribution is -2.51. The third-order valence-corrected chi connectivity index (χ3v) is 5.66. The topological polar surface area (TPSA) is 42.0 Å². The Kier molecular flexibility index (Phi) is 5.94. The molecule has 0 aliphatic carbocycles. The van der Waals surface area contributed by atoms with Crippen LogP contribution in [0.3, 0.4) is 0 Å². The van der Waals surface area contributed by atoms with Gasteiger partial charge in [-0.1, -0.05) is 6.92 Å². The van der Waals surface area contributed by atoms with Crippen LogP contribution < -0.4 is 0 Å². The van der Waals surface area contributed by atoms with Crippen molar-refractivity contribution in [3.05, 3.63) is 0 Å². The summed E-state index contributed by atoms with van der Waals surface area (Å²) in [5.74, 6) is 0.167. The molecule has 0 aromatic rings. The summed E-state index contributed by atoms with van der Waals surface area (Å²) in [5.41, 5.74) is 0.00382. The van der Waals surface area contributed by atoms with E-state index in [1.54, 1.807) is 0 Å². The Morgan fingerprint density at radius 2 is 1.96 bits per heavy atom. The lowest BCUT2D eigenvalue weighted by molar-refractivity contribution is -0.163. The number of amides is 1. The van der Waals surface area contributed by atoms with E-state index in [1.807, 2.05) is 4.90 Å². The van der Waals surface area contributed by atoms with Crippen molar-refractivity contribution in [2.24, 2.45) is 0 Å². The molecule has 5 heteroatoms. The zero-order valence-corrected chi connectivity index (χ0v) is 14.6. The van der Waals surface area contributed by atoms with Crippen molar-refractivity contribution < 1.29 is 14.3 Å². The Morgan fingerprint density at radius 3 is 2.65 bits per heavy atom. The van der Waals surface area contributed by atoms with E-state index in [-0.39, 0.29) is 24.2 Å². The Balaban J connectivity index is 1.44. The average molecular weight is 324 g/mol. The fourth-order valence-corrected chi connectivity index (χ4v) is 4.22. The predicted molar refractivity (Wildman–Crippen MR) is 89.4 cm³/mol. The van der Waals surface area contributed by atoms with Gasteiger partial charge in [-0.15, -0.1) is 0 Å². The highest BCUT2D eigenvalue weighted by molar-refractivity contribution is 5.77. The summed E-state index contributed by atoms with van der Waals surface area (Å²) in [6.45, 7) is 8.54. The summed E-state index contributed by atoms with van der Waals surface area (Å²) >= 11 is 0. The Hall–Kier alpha value is -0.650. The second-order valence-electron chi connectivity index (χ2n) is 7.39. The van der Waals surface area contributed by atoms with Crippen molar-refractivity contribution in [1.29, 1.82) is 0 Å². The van der Waals surface area contributed by atoms with Gasteiger partial charge in [-0.3, -0.25) is 4.79 Å². The minimum Gasteiger partial charge on any atom is -0.375 e. The monoisotopic (exact) mass is 324 g/mol. The zero-order valence-electron chi connectivity index (χ0n) is 14.6.